The minimum atomic E-state index is 0.952. The van der Waals surface area contributed by atoms with Crippen LogP contribution >= 0.6 is 0 Å². The molecule has 0 bridgehead atoms. The second-order valence-corrected chi connectivity index (χ2v) is 9.85. The fourth-order valence-corrected chi connectivity index (χ4v) is 5.90. The van der Waals surface area contributed by atoms with Crippen molar-refractivity contribution in [3.8, 4) is 28.2 Å². The molecule has 8 aromatic rings. The van der Waals surface area contributed by atoms with Crippen molar-refractivity contribution in [2.75, 3.05) is 0 Å². The Hall–Kier alpha value is -5.28. The predicted molar refractivity (Wildman–Crippen MR) is 162 cm³/mol. The SMILES string of the molecule is c1ccc(-c2nccc3c2c(-c2ccc4c(c2)c2ccccc2n4-c2ccccc2)nc2ccccc23)cc1. The molecule has 0 spiro atoms. The number of hydrogen-bond acceptors (Lipinski definition) is 2. The van der Waals surface area contributed by atoms with E-state index in [0.717, 1.165) is 49.9 Å². The van der Waals surface area contributed by atoms with E-state index in [9.17, 15) is 0 Å². The summed E-state index contributed by atoms with van der Waals surface area (Å²) in [7, 11) is 0. The van der Waals surface area contributed by atoms with Crippen LogP contribution in [0.4, 0.5) is 0 Å². The molecule has 0 N–H and O–H groups in total. The molecule has 0 aliphatic rings. The maximum Gasteiger partial charge on any atom is 0.0810 e. The van der Waals surface area contributed by atoms with Crippen LogP contribution in [0.25, 0.3) is 71.7 Å². The van der Waals surface area contributed by atoms with Crippen LogP contribution < -0.4 is 0 Å². The van der Waals surface area contributed by atoms with Crippen LogP contribution in [0.3, 0.4) is 0 Å². The lowest BCUT2D eigenvalue weighted by Crippen LogP contribution is -1.95. The van der Waals surface area contributed by atoms with E-state index in [2.05, 4.69) is 132 Å². The first-order valence-corrected chi connectivity index (χ1v) is 13.2. The summed E-state index contributed by atoms with van der Waals surface area (Å²) < 4.78 is 2.34. The van der Waals surface area contributed by atoms with Gasteiger partial charge in [-0.05, 0) is 47.9 Å². The molecule has 3 nitrogen and oxygen atoms in total. The Bertz CT molecular complexity index is 2160. The van der Waals surface area contributed by atoms with Crippen molar-refractivity contribution in [3.05, 3.63) is 140 Å². The molecule has 0 amide bonds. The molecule has 0 radical (unpaired) electrons. The van der Waals surface area contributed by atoms with Crippen LogP contribution in [0.2, 0.25) is 0 Å². The number of rotatable bonds is 3. The van der Waals surface area contributed by atoms with Gasteiger partial charge in [-0.1, -0.05) is 91.0 Å². The van der Waals surface area contributed by atoms with Gasteiger partial charge in [0.1, 0.15) is 0 Å². The monoisotopic (exact) mass is 497 g/mol. The predicted octanol–water partition coefficient (Wildman–Crippen LogP) is 9.21. The molecule has 39 heavy (non-hydrogen) atoms. The van der Waals surface area contributed by atoms with Gasteiger partial charge in [0.25, 0.3) is 0 Å². The zero-order valence-electron chi connectivity index (χ0n) is 21.1. The molecule has 0 fully saturated rings. The van der Waals surface area contributed by atoms with Gasteiger partial charge in [0.05, 0.1) is 27.9 Å². The number of para-hydroxylation sites is 3. The van der Waals surface area contributed by atoms with Crippen LogP contribution in [0.15, 0.2) is 140 Å². The highest BCUT2D eigenvalue weighted by Gasteiger charge is 2.18. The van der Waals surface area contributed by atoms with Gasteiger partial charge < -0.3 is 4.57 Å². The number of fused-ring (bicyclic) bond motifs is 6. The molecule has 0 saturated heterocycles. The van der Waals surface area contributed by atoms with Crippen molar-refractivity contribution >= 4 is 43.5 Å². The van der Waals surface area contributed by atoms with Crippen molar-refractivity contribution in [2.24, 2.45) is 0 Å². The molecule has 182 valence electrons. The summed E-state index contributed by atoms with van der Waals surface area (Å²) in [4.78, 5) is 10.1. The van der Waals surface area contributed by atoms with Crippen molar-refractivity contribution in [3.63, 3.8) is 0 Å². The molecule has 0 aliphatic carbocycles. The molecule has 5 aromatic carbocycles. The zero-order valence-corrected chi connectivity index (χ0v) is 21.1. The zero-order chi connectivity index (χ0) is 25.8. The smallest absolute Gasteiger partial charge is 0.0810 e. The summed E-state index contributed by atoms with van der Waals surface area (Å²) in [5, 5.41) is 5.81. The van der Waals surface area contributed by atoms with Gasteiger partial charge in [-0.15, -0.1) is 0 Å². The number of nitrogens with zero attached hydrogens (tertiary/aromatic N) is 3. The summed E-state index contributed by atoms with van der Waals surface area (Å²) in [5.74, 6) is 0. The van der Waals surface area contributed by atoms with Crippen LogP contribution in [0.1, 0.15) is 0 Å². The van der Waals surface area contributed by atoms with E-state index in [1.165, 1.54) is 21.8 Å². The average molecular weight is 498 g/mol. The van der Waals surface area contributed by atoms with Crippen LogP contribution in [-0.4, -0.2) is 14.5 Å². The molecule has 0 saturated carbocycles. The quantitative estimate of drug-likeness (QED) is 0.228. The minimum Gasteiger partial charge on any atom is -0.309 e. The number of aromatic nitrogens is 3. The third-order valence-electron chi connectivity index (χ3n) is 7.62. The Kier molecular flexibility index (Phi) is 4.82. The van der Waals surface area contributed by atoms with Crippen LogP contribution in [0, 0.1) is 0 Å². The summed E-state index contributed by atoms with van der Waals surface area (Å²) in [6.45, 7) is 0. The van der Waals surface area contributed by atoms with Gasteiger partial charge in [0.15, 0.2) is 0 Å². The molecule has 3 aromatic heterocycles. The maximum absolute atomic E-state index is 5.26. The fraction of sp³-hybridized carbons (Fsp3) is 0. The Morgan fingerprint density at radius 2 is 1.15 bits per heavy atom. The van der Waals surface area contributed by atoms with Gasteiger partial charge in [0, 0.05) is 44.6 Å². The third kappa shape index (κ3) is 3.37. The highest BCUT2D eigenvalue weighted by atomic mass is 15.0. The third-order valence-corrected chi connectivity index (χ3v) is 7.62. The lowest BCUT2D eigenvalue weighted by Gasteiger charge is -2.14. The van der Waals surface area contributed by atoms with Gasteiger partial charge in [-0.3, -0.25) is 4.98 Å². The molecular formula is C36H23N3. The molecule has 3 heterocycles. The van der Waals surface area contributed by atoms with E-state index in [4.69, 9.17) is 9.97 Å². The Balaban J connectivity index is 1.48. The first kappa shape index (κ1) is 21.8. The van der Waals surface area contributed by atoms with Crippen molar-refractivity contribution in [2.45, 2.75) is 0 Å². The lowest BCUT2D eigenvalue weighted by molar-refractivity contribution is 1.18. The molecule has 0 unspecified atom stereocenters. The van der Waals surface area contributed by atoms with Gasteiger partial charge >= 0.3 is 0 Å². The van der Waals surface area contributed by atoms with Crippen molar-refractivity contribution in [1.29, 1.82) is 0 Å². The summed E-state index contributed by atoms with van der Waals surface area (Å²) in [5.41, 5.74) is 8.58. The van der Waals surface area contributed by atoms with Gasteiger partial charge in [-0.25, -0.2) is 4.98 Å². The summed E-state index contributed by atoms with van der Waals surface area (Å²) >= 11 is 0. The van der Waals surface area contributed by atoms with Crippen molar-refractivity contribution < 1.29 is 0 Å². The molecule has 8 rings (SSSR count). The van der Waals surface area contributed by atoms with Crippen LogP contribution in [0.5, 0.6) is 0 Å². The van der Waals surface area contributed by atoms with Crippen molar-refractivity contribution in [1.82, 2.24) is 14.5 Å². The highest BCUT2D eigenvalue weighted by Crippen LogP contribution is 2.40. The molecule has 0 atom stereocenters. The Morgan fingerprint density at radius 1 is 0.462 bits per heavy atom. The molecular weight excluding hydrogens is 474 g/mol. The Morgan fingerprint density at radius 3 is 2.00 bits per heavy atom. The van der Waals surface area contributed by atoms with E-state index < -0.39 is 0 Å². The highest BCUT2D eigenvalue weighted by molar-refractivity contribution is 6.16. The topological polar surface area (TPSA) is 30.7 Å². The van der Waals surface area contributed by atoms with E-state index in [1.54, 1.807) is 0 Å². The molecule has 0 aliphatic heterocycles. The average Bonchev–Trinajstić information content (AvgIpc) is 3.35. The van der Waals surface area contributed by atoms with E-state index in [0.29, 0.717) is 0 Å². The second kappa shape index (κ2) is 8.64. The first-order chi connectivity index (χ1) is 19.4. The Labute approximate surface area is 225 Å². The number of hydrogen-bond donors (Lipinski definition) is 0. The minimum absolute atomic E-state index is 0.952. The number of benzene rings is 5. The molecule has 3 heteroatoms. The fourth-order valence-electron chi connectivity index (χ4n) is 5.90. The van der Waals surface area contributed by atoms with E-state index >= 15 is 0 Å². The first-order valence-electron chi connectivity index (χ1n) is 13.2. The van der Waals surface area contributed by atoms with E-state index in [-0.39, 0.29) is 0 Å². The lowest BCUT2D eigenvalue weighted by atomic mass is 9.96. The standard InChI is InChI=1S/C36H23N3/c1-3-11-24(12-4-1)35-34-29(21-22-37-35)27-15-7-9-17-31(27)38-36(34)25-19-20-33-30(23-25)28-16-8-10-18-32(28)39(33)26-13-5-2-6-14-26/h1-23H. The maximum atomic E-state index is 5.26. The largest absolute Gasteiger partial charge is 0.309 e. The number of pyridine rings is 2. The summed E-state index contributed by atoms with van der Waals surface area (Å²) in [6, 6.07) is 46.9. The normalized spacial score (nSPS) is 11.6. The van der Waals surface area contributed by atoms with Gasteiger partial charge in [-0.2, -0.15) is 0 Å². The van der Waals surface area contributed by atoms with Crippen LogP contribution in [-0.2, 0) is 0 Å². The van der Waals surface area contributed by atoms with E-state index in [1.807, 2.05) is 12.3 Å². The summed E-state index contributed by atoms with van der Waals surface area (Å²) in [6.07, 6.45) is 1.91. The second-order valence-electron chi connectivity index (χ2n) is 9.85. The van der Waals surface area contributed by atoms with Gasteiger partial charge in [0.2, 0.25) is 0 Å².